The lowest BCUT2D eigenvalue weighted by atomic mass is 10.2. The predicted molar refractivity (Wildman–Crippen MR) is 73.2 cm³/mol. The molecule has 20 heavy (non-hydrogen) atoms. The maximum Gasteiger partial charge on any atom is 0.255 e. The Balaban J connectivity index is 2.01. The van der Waals surface area contributed by atoms with Gasteiger partial charge in [-0.15, -0.1) is 0 Å². The van der Waals surface area contributed by atoms with Crippen molar-refractivity contribution in [2.24, 2.45) is 0 Å². The van der Waals surface area contributed by atoms with E-state index in [4.69, 9.17) is 4.52 Å². The van der Waals surface area contributed by atoms with Crippen molar-refractivity contribution >= 4 is 11.6 Å². The summed E-state index contributed by atoms with van der Waals surface area (Å²) < 4.78 is 4.84. The summed E-state index contributed by atoms with van der Waals surface area (Å²) in [6, 6.07) is 1.78. The molecule has 0 atom stereocenters. The van der Waals surface area contributed by atoms with Crippen LogP contribution in [0.3, 0.4) is 0 Å². The fraction of sp³-hybridized carbons (Fsp3) is 0.385. The minimum absolute atomic E-state index is 0.221. The largest absolute Gasteiger partial charge is 0.384 e. The minimum atomic E-state index is -0.223. The molecule has 7 nitrogen and oxygen atoms in total. The lowest BCUT2D eigenvalue weighted by Crippen LogP contribution is -2.24. The molecule has 0 fully saturated rings. The zero-order chi connectivity index (χ0) is 14.4. The monoisotopic (exact) mass is 275 g/mol. The molecule has 2 rings (SSSR count). The maximum absolute atomic E-state index is 12.1. The average Bonchev–Trinajstić information content (AvgIpc) is 2.88. The highest BCUT2D eigenvalue weighted by Crippen LogP contribution is 2.13. The molecule has 1 amide bonds. The number of pyridine rings is 1. The molecular formula is C13H17N5O2. The first-order chi connectivity index (χ1) is 9.70. The van der Waals surface area contributed by atoms with Gasteiger partial charge in [0.15, 0.2) is 5.82 Å². The van der Waals surface area contributed by atoms with Crippen LogP contribution in [-0.2, 0) is 6.54 Å². The zero-order valence-corrected chi connectivity index (χ0v) is 11.5. The van der Waals surface area contributed by atoms with E-state index >= 15 is 0 Å². The molecule has 0 aliphatic rings. The second kappa shape index (κ2) is 6.65. The van der Waals surface area contributed by atoms with Gasteiger partial charge >= 0.3 is 0 Å². The lowest BCUT2D eigenvalue weighted by molar-refractivity contribution is 0.0950. The Morgan fingerprint density at radius 1 is 1.45 bits per heavy atom. The summed E-state index contributed by atoms with van der Waals surface area (Å²) in [4.78, 5) is 20.1. The van der Waals surface area contributed by atoms with Gasteiger partial charge in [-0.05, 0) is 12.5 Å². The Labute approximate surface area is 116 Å². The summed E-state index contributed by atoms with van der Waals surface area (Å²) in [6.45, 7) is 4.78. The number of rotatable bonds is 6. The summed E-state index contributed by atoms with van der Waals surface area (Å²) in [6.07, 6.45) is 4.16. The maximum atomic E-state index is 12.1. The summed E-state index contributed by atoms with van der Waals surface area (Å²) in [5.41, 5.74) is 1.27. The van der Waals surface area contributed by atoms with Crippen LogP contribution in [0.5, 0.6) is 0 Å². The van der Waals surface area contributed by atoms with Gasteiger partial charge in [-0.2, -0.15) is 4.98 Å². The smallest absolute Gasteiger partial charge is 0.255 e. The molecule has 2 N–H and O–H groups in total. The van der Waals surface area contributed by atoms with E-state index in [1.165, 1.54) is 6.20 Å². The van der Waals surface area contributed by atoms with E-state index in [-0.39, 0.29) is 12.5 Å². The first-order valence-corrected chi connectivity index (χ1v) is 6.46. The van der Waals surface area contributed by atoms with Crippen LogP contribution in [0.1, 0.15) is 35.4 Å². The molecule has 2 aromatic heterocycles. The number of nitrogens with zero attached hydrogens (tertiary/aromatic N) is 3. The second-order valence-corrected chi connectivity index (χ2v) is 4.26. The van der Waals surface area contributed by atoms with Crippen molar-refractivity contribution in [3.05, 3.63) is 35.7 Å². The molecule has 0 aliphatic carbocycles. The normalized spacial score (nSPS) is 10.3. The minimum Gasteiger partial charge on any atom is -0.384 e. The van der Waals surface area contributed by atoms with E-state index in [9.17, 15) is 4.79 Å². The predicted octanol–water partition coefficient (Wildman–Crippen LogP) is 1.52. The molecule has 2 heterocycles. The van der Waals surface area contributed by atoms with Crippen molar-refractivity contribution in [2.75, 3.05) is 11.9 Å². The number of aryl methyl sites for hydroxylation is 1. The fourth-order valence-corrected chi connectivity index (χ4v) is 1.66. The Morgan fingerprint density at radius 3 is 3.00 bits per heavy atom. The molecule has 106 valence electrons. The number of hydrogen-bond acceptors (Lipinski definition) is 6. The van der Waals surface area contributed by atoms with Crippen molar-refractivity contribution in [1.29, 1.82) is 0 Å². The SMILES string of the molecule is CCCNc1ccncc1C(=O)NCc1noc(C)n1. The summed E-state index contributed by atoms with van der Waals surface area (Å²) in [7, 11) is 0. The Bertz CT molecular complexity index is 582. The lowest BCUT2D eigenvalue weighted by Gasteiger charge is -2.10. The first kappa shape index (κ1) is 14.0. The van der Waals surface area contributed by atoms with Crippen LogP contribution >= 0.6 is 0 Å². The van der Waals surface area contributed by atoms with E-state index in [1.807, 2.05) is 0 Å². The summed E-state index contributed by atoms with van der Waals surface area (Å²) in [5, 5.41) is 9.66. The Morgan fingerprint density at radius 2 is 2.30 bits per heavy atom. The molecule has 2 aromatic rings. The highest BCUT2D eigenvalue weighted by molar-refractivity contribution is 5.99. The van der Waals surface area contributed by atoms with Gasteiger partial charge in [0, 0.05) is 25.9 Å². The Kier molecular flexibility index (Phi) is 4.65. The van der Waals surface area contributed by atoms with Crippen LogP contribution in [0, 0.1) is 6.92 Å². The van der Waals surface area contributed by atoms with Gasteiger partial charge in [-0.25, -0.2) is 0 Å². The third-order valence-corrected chi connectivity index (χ3v) is 2.61. The van der Waals surface area contributed by atoms with Crippen LogP contribution in [0.4, 0.5) is 5.69 Å². The molecule has 0 radical (unpaired) electrons. The number of hydrogen-bond donors (Lipinski definition) is 2. The molecular weight excluding hydrogens is 258 g/mol. The van der Waals surface area contributed by atoms with E-state index in [0.717, 1.165) is 18.7 Å². The third-order valence-electron chi connectivity index (χ3n) is 2.61. The van der Waals surface area contributed by atoms with Gasteiger partial charge < -0.3 is 15.2 Å². The van der Waals surface area contributed by atoms with Gasteiger partial charge in [0.2, 0.25) is 5.89 Å². The van der Waals surface area contributed by atoms with Gasteiger partial charge in [-0.1, -0.05) is 12.1 Å². The first-order valence-electron chi connectivity index (χ1n) is 6.46. The quantitative estimate of drug-likeness (QED) is 0.830. The van der Waals surface area contributed by atoms with Crippen molar-refractivity contribution in [1.82, 2.24) is 20.4 Å². The number of nitrogens with one attached hydrogen (secondary N) is 2. The van der Waals surface area contributed by atoms with Crippen LogP contribution < -0.4 is 10.6 Å². The van der Waals surface area contributed by atoms with Crippen LogP contribution in [0.25, 0.3) is 0 Å². The van der Waals surface area contributed by atoms with E-state index < -0.39 is 0 Å². The molecule has 0 saturated heterocycles. The van der Waals surface area contributed by atoms with E-state index in [1.54, 1.807) is 19.2 Å². The van der Waals surface area contributed by atoms with Gasteiger partial charge in [0.1, 0.15) is 0 Å². The van der Waals surface area contributed by atoms with Crippen molar-refractivity contribution in [2.45, 2.75) is 26.8 Å². The van der Waals surface area contributed by atoms with Gasteiger partial charge in [0.25, 0.3) is 5.91 Å². The number of carbonyl (C=O) groups is 1. The highest BCUT2D eigenvalue weighted by atomic mass is 16.5. The molecule has 0 bridgehead atoms. The van der Waals surface area contributed by atoms with Gasteiger partial charge in [-0.3, -0.25) is 9.78 Å². The zero-order valence-electron chi connectivity index (χ0n) is 11.5. The average molecular weight is 275 g/mol. The summed E-state index contributed by atoms with van der Waals surface area (Å²) >= 11 is 0. The van der Waals surface area contributed by atoms with Crippen molar-refractivity contribution in [3.63, 3.8) is 0 Å². The number of aromatic nitrogens is 3. The van der Waals surface area contributed by atoms with Crippen molar-refractivity contribution in [3.8, 4) is 0 Å². The number of amides is 1. The second-order valence-electron chi connectivity index (χ2n) is 4.26. The van der Waals surface area contributed by atoms with Crippen molar-refractivity contribution < 1.29 is 9.32 Å². The molecule has 0 aliphatic heterocycles. The molecule has 0 aromatic carbocycles. The molecule has 7 heteroatoms. The third kappa shape index (κ3) is 3.53. The fourth-order valence-electron chi connectivity index (χ4n) is 1.66. The standard InChI is InChI=1S/C13H17N5O2/c1-3-5-15-11-4-6-14-7-10(11)13(19)16-8-12-17-9(2)20-18-12/h4,6-7H,3,5,8H2,1-2H3,(H,14,15)(H,16,19). The van der Waals surface area contributed by atoms with Crippen LogP contribution in [0.2, 0.25) is 0 Å². The topological polar surface area (TPSA) is 92.9 Å². The molecule has 0 saturated carbocycles. The van der Waals surface area contributed by atoms with Crippen LogP contribution in [-0.4, -0.2) is 27.6 Å². The summed E-state index contributed by atoms with van der Waals surface area (Å²) in [5.74, 6) is 0.697. The highest BCUT2D eigenvalue weighted by Gasteiger charge is 2.12. The van der Waals surface area contributed by atoms with E-state index in [2.05, 4.69) is 32.7 Å². The van der Waals surface area contributed by atoms with Gasteiger partial charge in [0.05, 0.1) is 17.8 Å². The Hall–Kier alpha value is -2.44. The number of carbonyl (C=O) groups excluding carboxylic acids is 1. The molecule has 0 spiro atoms. The number of anilines is 1. The molecule has 0 unspecified atom stereocenters. The van der Waals surface area contributed by atoms with E-state index in [0.29, 0.717) is 17.3 Å². The van der Waals surface area contributed by atoms with Crippen LogP contribution in [0.15, 0.2) is 23.0 Å².